The first kappa shape index (κ1) is 10.9. The summed E-state index contributed by atoms with van der Waals surface area (Å²) in [6.07, 6.45) is 1.27. The second-order valence-electron chi connectivity index (χ2n) is 3.31. The topological polar surface area (TPSA) is 94.6 Å². The van der Waals surface area contributed by atoms with Crippen molar-refractivity contribution in [3.63, 3.8) is 0 Å². The summed E-state index contributed by atoms with van der Waals surface area (Å²) < 4.78 is 1.19. The molecular formula is C10H8N2O5. The molecule has 0 aliphatic carbocycles. The average molecular weight is 236 g/mol. The number of carbonyl (C=O) groups is 1. The summed E-state index contributed by atoms with van der Waals surface area (Å²) in [6.45, 7) is 0. The maximum Gasteiger partial charge on any atom is 0.338 e. The lowest BCUT2D eigenvalue weighted by molar-refractivity contribution is -0.384. The average Bonchev–Trinajstić information content (AvgIpc) is 2.66. The smallest absolute Gasteiger partial charge is 0.338 e. The quantitative estimate of drug-likeness (QED) is 0.640. The molecule has 1 N–H and O–H groups in total. The molecule has 2 aromatic rings. The Balaban J connectivity index is 2.76. The van der Waals surface area contributed by atoms with Gasteiger partial charge < -0.3 is 9.94 Å². The van der Waals surface area contributed by atoms with E-state index >= 15 is 0 Å². The number of nitro groups is 1. The number of fused-ring (bicyclic) bond motifs is 1. The molecule has 0 saturated heterocycles. The monoisotopic (exact) mass is 236 g/mol. The van der Waals surface area contributed by atoms with Crippen LogP contribution in [0.15, 0.2) is 24.4 Å². The van der Waals surface area contributed by atoms with Crippen LogP contribution in [0, 0.1) is 10.1 Å². The number of aromatic carboxylic acids is 1. The number of aromatic nitrogens is 1. The third-order valence-corrected chi connectivity index (χ3v) is 2.39. The molecular weight excluding hydrogens is 228 g/mol. The van der Waals surface area contributed by atoms with Gasteiger partial charge in [-0.05, 0) is 6.07 Å². The highest BCUT2D eigenvalue weighted by molar-refractivity contribution is 6.03. The molecule has 0 bridgehead atoms. The second kappa shape index (κ2) is 3.78. The van der Waals surface area contributed by atoms with Gasteiger partial charge in [0, 0.05) is 17.5 Å². The van der Waals surface area contributed by atoms with Crippen molar-refractivity contribution in [3.8, 4) is 0 Å². The summed E-state index contributed by atoms with van der Waals surface area (Å²) in [6, 6.07) is 3.92. The minimum atomic E-state index is -1.11. The Morgan fingerprint density at radius 2 is 2.24 bits per heavy atom. The van der Waals surface area contributed by atoms with Crippen molar-refractivity contribution >= 4 is 22.6 Å². The van der Waals surface area contributed by atoms with Crippen LogP contribution < -0.4 is 4.84 Å². The van der Waals surface area contributed by atoms with Crippen molar-refractivity contribution in [1.82, 2.24) is 4.73 Å². The maximum atomic E-state index is 11.0. The first-order valence-electron chi connectivity index (χ1n) is 4.62. The van der Waals surface area contributed by atoms with Gasteiger partial charge >= 0.3 is 5.97 Å². The fourth-order valence-electron chi connectivity index (χ4n) is 1.62. The number of carboxylic acid groups (broad SMARTS) is 1. The van der Waals surface area contributed by atoms with Gasteiger partial charge in [0.1, 0.15) is 7.11 Å². The highest BCUT2D eigenvalue weighted by Crippen LogP contribution is 2.25. The number of nitrogens with zero attached hydrogens (tertiary/aromatic N) is 2. The largest absolute Gasteiger partial charge is 0.478 e. The number of rotatable bonds is 3. The first-order chi connectivity index (χ1) is 8.04. The van der Waals surface area contributed by atoms with Crippen molar-refractivity contribution in [2.75, 3.05) is 7.11 Å². The van der Waals surface area contributed by atoms with Crippen molar-refractivity contribution in [2.45, 2.75) is 0 Å². The minimum absolute atomic E-state index is 0.0387. The van der Waals surface area contributed by atoms with Crippen LogP contribution in [0.1, 0.15) is 10.4 Å². The van der Waals surface area contributed by atoms with Crippen LogP contribution in [-0.4, -0.2) is 27.8 Å². The standard InChI is InChI=1S/C10H8N2O5/c1-17-11-5-8(10(13)14)7-3-2-6(12(15)16)4-9(7)11/h2-5H,1H3,(H,13,14). The molecule has 0 radical (unpaired) electrons. The molecule has 88 valence electrons. The van der Waals surface area contributed by atoms with Crippen molar-refractivity contribution in [3.05, 3.63) is 40.1 Å². The van der Waals surface area contributed by atoms with Crippen LogP contribution in [-0.2, 0) is 0 Å². The van der Waals surface area contributed by atoms with Crippen LogP contribution in [0.4, 0.5) is 5.69 Å². The number of non-ortho nitro benzene ring substituents is 1. The van der Waals surface area contributed by atoms with E-state index in [0.29, 0.717) is 10.9 Å². The van der Waals surface area contributed by atoms with E-state index in [0.717, 1.165) is 0 Å². The summed E-state index contributed by atoms with van der Waals surface area (Å²) in [5.41, 5.74) is 0.265. The van der Waals surface area contributed by atoms with E-state index in [-0.39, 0.29) is 11.3 Å². The maximum absolute atomic E-state index is 11.0. The SMILES string of the molecule is COn1cc(C(=O)O)c2ccc([N+](=O)[O-])cc21. The van der Waals surface area contributed by atoms with Gasteiger partial charge in [-0.1, -0.05) is 0 Å². The predicted molar refractivity (Wildman–Crippen MR) is 58.1 cm³/mol. The minimum Gasteiger partial charge on any atom is -0.478 e. The predicted octanol–water partition coefficient (Wildman–Crippen LogP) is 1.31. The van der Waals surface area contributed by atoms with Gasteiger partial charge in [0.05, 0.1) is 22.2 Å². The molecule has 0 unspecified atom stereocenters. The van der Waals surface area contributed by atoms with Gasteiger partial charge in [0.15, 0.2) is 0 Å². The van der Waals surface area contributed by atoms with E-state index in [2.05, 4.69) is 0 Å². The number of benzene rings is 1. The Labute approximate surface area is 94.9 Å². The zero-order chi connectivity index (χ0) is 12.6. The Bertz CT molecular complexity index is 616. The summed E-state index contributed by atoms with van der Waals surface area (Å²) in [5.74, 6) is -1.11. The van der Waals surface area contributed by atoms with E-state index in [1.165, 1.54) is 36.2 Å². The number of hydrogen-bond donors (Lipinski definition) is 1. The molecule has 1 aromatic carbocycles. The fraction of sp³-hybridized carbons (Fsp3) is 0.100. The van der Waals surface area contributed by atoms with Gasteiger partial charge in [0.2, 0.25) is 0 Å². The van der Waals surface area contributed by atoms with Crippen LogP contribution in [0.5, 0.6) is 0 Å². The third kappa shape index (κ3) is 1.67. The van der Waals surface area contributed by atoms with Crippen LogP contribution >= 0.6 is 0 Å². The number of carboxylic acids is 1. The highest BCUT2D eigenvalue weighted by atomic mass is 16.6. The molecule has 0 spiro atoms. The van der Waals surface area contributed by atoms with Gasteiger partial charge in [-0.2, -0.15) is 4.73 Å². The third-order valence-electron chi connectivity index (χ3n) is 2.39. The molecule has 7 heteroatoms. The van der Waals surface area contributed by atoms with Gasteiger partial charge in [-0.15, -0.1) is 0 Å². The van der Waals surface area contributed by atoms with Crippen molar-refractivity contribution in [1.29, 1.82) is 0 Å². The molecule has 7 nitrogen and oxygen atoms in total. The molecule has 0 aliphatic heterocycles. The van der Waals surface area contributed by atoms with E-state index in [4.69, 9.17) is 9.94 Å². The Morgan fingerprint density at radius 1 is 1.53 bits per heavy atom. The summed E-state index contributed by atoms with van der Waals surface area (Å²) in [7, 11) is 1.35. The lowest BCUT2D eigenvalue weighted by atomic mass is 10.1. The van der Waals surface area contributed by atoms with Crippen LogP contribution in [0.2, 0.25) is 0 Å². The molecule has 0 fully saturated rings. The number of hydrogen-bond acceptors (Lipinski definition) is 4. The molecule has 1 heterocycles. The van der Waals surface area contributed by atoms with Gasteiger partial charge in [0.25, 0.3) is 5.69 Å². The van der Waals surface area contributed by atoms with Crippen LogP contribution in [0.3, 0.4) is 0 Å². The van der Waals surface area contributed by atoms with Gasteiger partial charge in [-0.25, -0.2) is 4.79 Å². The van der Waals surface area contributed by atoms with E-state index < -0.39 is 10.9 Å². The lowest BCUT2D eigenvalue weighted by Gasteiger charge is -2.00. The lowest BCUT2D eigenvalue weighted by Crippen LogP contribution is -2.03. The highest BCUT2D eigenvalue weighted by Gasteiger charge is 2.17. The molecule has 0 amide bonds. The van der Waals surface area contributed by atoms with Crippen LogP contribution in [0.25, 0.3) is 10.9 Å². The summed E-state index contributed by atoms with van der Waals surface area (Å²) in [5, 5.41) is 20.0. The molecule has 2 rings (SSSR count). The summed E-state index contributed by atoms with van der Waals surface area (Å²) in [4.78, 5) is 26.0. The zero-order valence-corrected chi connectivity index (χ0v) is 8.78. The number of nitro benzene ring substituents is 1. The molecule has 17 heavy (non-hydrogen) atoms. The molecule has 0 aliphatic rings. The van der Waals surface area contributed by atoms with E-state index in [9.17, 15) is 14.9 Å². The normalized spacial score (nSPS) is 10.4. The van der Waals surface area contributed by atoms with Crippen molar-refractivity contribution in [2.24, 2.45) is 0 Å². The molecule has 0 saturated carbocycles. The van der Waals surface area contributed by atoms with Crippen molar-refractivity contribution < 1.29 is 19.7 Å². The fourth-order valence-corrected chi connectivity index (χ4v) is 1.62. The van der Waals surface area contributed by atoms with Gasteiger partial charge in [-0.3, -0.25) is 10.1 Å². The second-order valence-corrected chi connectivity index (χ2v) is 3.31. The zero-order valence-electron chi connectivity index (χ0n) is 8.78. The summed E-state index contributed by atoms with van der Waals surface area (Å²) >= 11 is 0. The molecule has 0 atom stereocenters. The molecule has 1 aromatic heterocycles. The Morgan fingerprint density at radius 3 is 2.76 bits per heavy atom. The van der Waals surface area contributed by atoms with E-state index in [1.807, 2.05) is 0 Å². The Hall–Kier alpha value is -2.57. The van der Waals surface area contributed by atoms with E-state index in [1.54, 1.807) is 0 Å². The first-order valence-corrected chi connectivity index (χ1v) is 4.62. The Kier molecular flexibility index (Phi) is 2.43.